The van der Waals surface area contributed by atoms with Crippen LogP contribution in [0.3, 0.4) is 0 Å². The Bertz CT molecular complexity index is 333. The van der Waals surface area contributed by atoms with Gasteiger partial charge in [0.05, 0.1) is 12.5 Å². The van der Waals surface area contributed by atoms with E-state index in [2.05, 4.69) is 16.6 Å². The zero-order valence-electron chi connectivity index (χ0n) is 6.97. The quantitative estimate of drug-likeness (QED) is 0.684. The fraction of sp³-hybridized carbons (Fsp3) is 0.444. The van der Waals surface area contributed by atoms with Crippen molar-refractivity contribution in [1.29, 1.82) is 0 Å². The Morgan fingerprint density at radius 1 is 1.46 bits per heavy atom. The number of rotatable bonds is 1. The summed E-state index contributed by atoms with van der Waals surface area (Å²) < 4.78 is 5.66. The highest BCUT2D eigenvalue weighted by Gasteiger charge is 2.38. The fourth-order valence-corrected chi connectivity index (χ4v) is 2.51. The van der Waals surface area contributed by atoms with Crippen LogP contribution >= 0.6 is 11.3 Å². The Labute approximate surface area is 80.0 Å². The van der Waals surface area contributed by atoms with Gasteiger partial charge in [-0.25, -0.2) is 0 Å². The summed E-state index contributed by atoms with van der Waals surface area (Å²) in [5.74, 6) is 0.395. The van der Waals surface area contributed by atoms with E-state index in [0.29, 0.717) is 12.5 Å². The molecule has 0 bridgehead atoms. The second-order valence-corrected chi connectivity index (χ2v) is 4.22. The van der Waals surface area contributed by atoms with E-state index in [4.69, 9.17) is 9.57 Å². The molecule has 0 aromatic carbocycles. The smallest absolute Gasteiger partial charge is 0.134 e. The lowest BCUT2D eigenvalue weighted by molar-refractivity contribution is 0.0805. The lowest BCUT2D eigenvalue weighted by atomic mass is 10.0. The third-order valence-corrected chi connectivity index (χ3v) is 3.31. The van der Waals surface area contributed by atoms with Crippen molar-refractivity contribution in [1.82, 2.24) is 0 Å². The van der Waals surface area contributed by atoms with Gasteiger partial charge in [0.15, 0.2) is 0 Å². The number of ether oxygens (including phenoxy) is 1. The third-order valence-electron chi connectivity index (χ3n) is 2.40. The lowest BCUT2D eigenvalue weighted by Gasteiger charge is -2.05. The topological polar surface area (TPSA) is 30.8 Å². The minimum absolute atomic E-state index is 0.0625. The molecule has 1 fully saturated rings. The summed E-state index contributed by atoms with van der Waals surface area (Å²) in [5.41, 5.74) is 1.07. The summed E-state index contributed by atoms with van der Waals surface area (Å²) in [7, 11) is 0. The van der Waals surface area contributed by atoms with E-state index in [1.807, 2.05) is 6.07 Å². The number of nitrogens with zero attached hydrogens (tertiary/aromatic N) is 1. The van der Waals surface area contributed by atoms with E-state index in [1.54, 1.807) is 11.3 Å². The van der Waals surface area contributed by atoms with Gasteiger partial charge in [0.25, 0.3) is 0 Å². The Morgan fingerprint density at radius 3 is 3.31 bits per heavy atom. The monoisotopic (exact) mass is 195 g/mol. The third kappa shape index (κ3) is 1.09. The van der Waals surface area contributed by atoms with Crippen LogP contribution in [0.1, 0.15) is 11.0 Å². The number of hydrogen-bond acceptors (Lipinski definition) is 4. The van der Waals surface area contributed by atoms with Gasteiger partial charge in [-0.15, -0.1) is 11.3 Å². The molecule has 0 unspecified atom stereocenters. The first kappa shape index (κ1) is 7.53. The van der Waals surface area contributed by atoms with Gasteiger partial charge in [-0.05, 0) is 11.4 Å². The van der Waals surface area contributed by atoms with E-state index in [-0.39, 0.29) is 6.10 Å². The Kier molecular flexibility index (Phi) is 1.63. The van der Waals surface area contributed by atoms with E-state index in [0.717, 1.165) is 12.3 Å². The van der Waals surface area contributed by atoms with Crippen LogP contribution in [-0.2, 0) is 9.57 Å². The molecule has 3 nitrogen and oxygen atoms in total. The Morgan fingerprint density at radius 2 is 2.46 bits per heavy atom. The van der Waals surface area contributed by atoms with Gasteiger partial charge >= 0.3 is 0 Å². The summed E-state index contributed by atoms with van der Waals surface area (Å²) in [5, 5.41) is 6.09. The molecule has 0 saturated carbocycles. The molecule has 0 radical (unpaired) electrons. The largest absolute Gasteiger partial charge is 0.395 e. The molecule has 2 atom stereocenters. The van der Waals surface area contributed by atoms with Crippen molar-refractivity contribution >= 4 is 17.0 Å². The fourth-order valence-electron chi connectivity index (χ4n) is 1.72. The highest BCUT2D eigenvalue weighted by molar-refractivity contribution is 7.10. The molecule has 13 heavy (non-hydrogen) atoms. The summed E-state index contributed by atoms with van der Waals surface area (Å²) in [6.07, 6.45) is 0.0625. The average Bonchev–Trinajstić information content (AvgIpc) is 2.79. The number of oxime groups is 1. The molecule has 1 aromatic heterocycles. The minimum atomic E-state index is 0.0625. The van der Waals surface area contributed by atoms with Gasteiger partial charge in [0.2, 0.25) is 0 Å². The first-order valence-corrected chi connectivity index (χ1v) is 5.18. The highest BCUT2D eigenvalue weighted by atomic mass is 32.1. The summed E-state index contributed by atoms with van der Waals surface area (Å²) in [6, 6.07) is 4.12. The van der Waals surface area contributed by atoms with E-state index in [9.17, 15) is 0 Å². The molecular weight excluding hydrogens is 186 g/mol. The van der Waals surface area contributed by atoms with Crippen molar-refractivity contribution in [2.24, 2.45) is 11.1 Å². The normalized spacial score (nSPS) is 31.2. The van der Waals surface area contributed by atoms with Gasteiger partial charge in [-0.3, -0.25) is 0 Å². The number of thiophene rings is 1. The zero-order valence-corrected chi connectivity index (χ0v) is 7.79. The van der Waals surface area contributed by atoms with Crippen molar-refractivity contribution in [3.63, 3.8) is 0 Å². The summed E-state index contributed by atoms with van der Waals surface area (Å²) in [6.45, 7) is 1.44. The molecule has 4 heteroatoms. The molecule has 68 valence electrons. The van der Waals surface area contributed by atoms with Gasteiger partial charge in [0, 0.05) is 4.88 Å². The van der Waals surface area contributed by atoms with Crippen LogP contribution in [0.2, 0.25) is 0 Å². The lowest BCUT2D eigenvalue weighted by Crippen LogP contribution is -2.11. The molecule has 2 aliphatic rings. The highest BCUT2D eigenvalue weighted by Crippen LogP contribution is 2.35. The maximum Gasteiger partial charge on any atom is 0.134 e. The van der Waals surface area contributed by atoms with Crippen molar-refractivity contribution in [2.75, 3.05) is 13.2 Å². The second-order valence-electron chi connectivity index (χ2n) is 3.24. The van der Waals surface area contributed by atoms with Gasteiger partial charge in [0.1, 0.15) is 18.4 Å². The second kappa shape index (κ2) is 2.82. The molecule has 0 N–H and O–H groups in total. The van der Waals surface area contributed by atoms with E-state index in [1.165, 1.54) is 4.88 Å². The molecule has 1 saturated heterocycles. The van der Waals surface area contributed by atoms with E-state index < -0.39 is 0 Å². The minimum Gasteiger partial charge on any atom is -0.395 e. The first-order chi connectivity index (χ1) is 6.45. The SMILES string of the molecule is c1csc([C@H]2OC[C@H]3CON=C32)c1. The van der Waals surface area contributed by atoms with Gasteiger partial charge < -0.3 is 9.57 Å². The van der Waals surface area contributed by atoms with Crippen LogP contribution in [0.5, 0.6) is 0 Å². The van der Waals surface area contributed by atoms with Crippen molar-refractivity contribution in [3.05, 3.63) is 22.4 Å². The molecule has 1 aromatic rings. The van der Waals surface area contributed by atoms with E-state index >= 15 is 0 Å². The van der Waals surface area contributed by atoms with Gasteiger partial charge in [-0.2, -0.15) is 0 Å². The number of fused-ring (bicyclic) bond motifs is 1. The first-order valence-electron chi connectivity index (χ1n) is 4.30. The molecule has 3 rings (SSSR count). The van der Waals surface area contributed by atoms with Crippen LogP contribution in [0.15, 0.2) is 22.7 Å². The Balaban J connectivity index is 1.94. The molecule has 3 heterocycles. The van der Waals surface area contributed by atoms with Crippen LogP contribution in [0.4, 0.5) is 0 Å². The zero-order chi connectivity index (χ0) is 8.67. The van der Waals surface area contributed by atoms with Crippen LogP contribution < -0.4 is 0 Å². The maximum absolute atomic E-state index is 5.66. The van der Waals surface area contributed by atoms with Crippen LogP contribution in [-0.4, -0.2) is 18.9 Å². The maximum atomic E-state index is 5.66. The molecular formula is C9H9NO2S. The molecule has 0 spiro atoms. The van der Waals surface area contributed by atoms with Crippen LogP contribution in [0, 0.1) is 5.92 Å². The summed E-state index contributed by atoms with van der Waals surface area (Å²) >= 11 is 1.71. The van der Waals surface area contributed by atoms with Crippen molar-refractivity contribution < 1.29 is 9.57 Å². The predicted octanol–water partition coefficient (Wildman–Crippen LogP) is 1.82. The van der Waals surface area contributed by atoms with Crippen LogP contribution in [0.25, 0.3) is 0 Å². The predicted molar refractivity (Wildman–Crippen MR) is 49.9 cm³/mol. The molecule has 0 amide bonds. The Hall–Kier alpha value is -0.870. The average molecular weight is 195 g/mol. The standard InChI is InChI=1S/C9H9NO2S/c1-2-7(13-3-1)9-8-6(4-11-9)5-12-10-8/h1-3,6,9H,4-5H2/t6-,9+/m0/s1. The van der Waals surface area contributed by atoms with Gasteiger partial charge in [-0.1, -0.05) is 11.2 Å². The van der Waals surface area contributed by atoms with Crippen molar-refractivity contribution in [3.8, 4) is 0 Å². The van der Waals surface area contributed by atoms with Crippen molar-refractivity contribution in [2.45, 2.75) is 6.10 Å². The molecule has 0 aliphatic carbocycles. The summed E-state index contributed by atoms with van der Waals surface area (Å²) in [4.78, 5) is 6.28. The number of hydrogen-bond donors (Lipinski definition) is 0. The molecule has 2 aliphatic heterocycles.